The van der Waals surface area contributed by atoms with E-state index in [0.29, 0.717) is 0 Å². The van der Waals surface area contributed by atoms with Crippen molar-refractivity contribution in [2.45, 2.75) is 4.90 Å². The van der Waals surface area contributed by atoms with E-state index in [9.17, 15) is 8.78 Å². The van der Waals surface area contributed by atoms with Crippen LogP contribution in [0.25, 0.3) is 0 Å². The molecule has 1 aromatic carbocycles. The standard InChI is InChI=1S/C12H13ClF2O4S/c1-2-20-12-9(15)10(18-5-3-16)7(13)8(14)11(12)19-6-4-17/h2,16-17H,1,3-6H2. The van der Waals surface area contributed by atoms with E-state index in [1.165, 1.54) is 5.41 Å². The molecule has 0 fully saturated rings. The van der Waals surface area contributed by atoms with E-state index in [-0.39, 0.29) is 31.3 Å². The van der Waals surface area contributed by atoms with Crippen LogP contribution >= 0.6 is 23.4 Å². The van der Waals surface area contributed by atoms with Gasteiger partial charge >= 0.3 is 0 Å². The molecule has 1 aromatic rings. The third-order valence-electron chi connectivity index (χ3n) is 2.07. The summed E-state index contributed by atoms with van der Waals surface area (Å²) in [4.78, 5) is -0.191. The molecule has 0 saturated carbocycles. The molecule has 2 N–H and O–H groups in total. The van der Waals surface area contributed by atoms with Gasteiger partial charge in [-0.25, -0.2) is 8.78 Å². The molecule has 8 heteroatoms. The lowest BCUT2D eigenvalue weighted by atomic mass is 10.3. The fourth-order valence-electron chi connectivity index (χ4n) is 1.34. The van der Waals surface area contributed by atoms with Crippen molar-refractivity contribution in [2.75, 3.05) is 26.4 Å². The Labute approximate surface area is 124 Å². The molecule has 4 nitrogen and oxygen atoms in total. The molecular formula is C12H13ClF2O4S. The highest BCUT2D eigenvalue weighted by molar-refractivity contribution is 8.02. The number of hydrogen-bond acceptors (Lipinski definition) is 5. The Balaban J connectivity index is 3.33. The Morgan fingerprint density at radius 3 is 2.15 bits per heavy atom. The predicted octanol–water partition coefficient (Wildman–Crippen LogP) is 2.60. The normalized spacial score (nSPS) is 10.4. The van der Waals surface area contributed by atoms with Gasteiger partial charge in [-0.2, -0.15) is 0 Å². The summed E-state index contributed by atoms with van der Waals surface area (Å²) in [6.07, 6.45) is 0. The van der Waals surface area contributed by atoms with Crippen molar-refractivity contribution in [3.05, 3.63) is 28.6 Å². The van der Waals surface area contributed by atoms with Crippen molar-refractivity contribution in [3.8, 4) is 11.5 Å². The Hall–Kier alpha value is -1.02. The second-order valence-electron chi connectivity index (χ2n) is 3.36. The molecule has 0 heterocycles. The molecule has 20 heavy (non-hydrogen) atoms. The molecule has 0 amide bonds. The molecule has 0 bridgehead atoms. The highest BCUT2D eigenvalue weighted by Crippen LogP contribution is 2.44. The summed E-state index contributed by atoms with van der Waals surface area (Å²) in [6.45, 7) is 2.24. The first kappa shape index (κ1) is 17.0. The van der Waals surface area contributed by atoms with Crippen LogP contribution in [-0.2, 0) is 0 Å². The summed E-state index contributed by atoms with van der Waals surface area (Å²) in [5.41, 5.74) is 0. The zero-order valence-electron chi connectivity index (χ0n) is 10.4. The Morgan fingerprint density at radius 1 is 1.10 bits per heavy atom. The van der Waals surface area contributed by atoms with Gasteiger partial charge in [0.2, 0.25) is 0 Å². The molecular weight excluding hydrogens is 314 g/mol. The highest BCUT2D eigenvalue weighted by Gasteiger charge is 2.26. The lowest BCUT2D eigenvalue weighted by Gasteiger charge is -2.16. The van der Waals surface area contributed by atoms with Crippen molar-refractivity contribution in [3.63, 3.8) is 0 Å². The quantitative estimate of drug-likeness (QED) is 0.568. The zero-order chi connectivity index (χ0) is 15.1. The van der Waals surface area contributed by atoms with E-state index in [4.69, 9.17) is 31.3 Å². The average Bonchev–Trinajstić information content (AvgIpc) is 2.44. The van der Waals surface area contributed by atoms with Crippen LogP contribution in [-0.4, -0.2) is 36.6 Å². The number of aliphatic hydroxyl groups excluding tert-OH is 2. The van der Waals surface area contributed by atoms with E-state index < -0.39 is 28.2 Å². The van der Waals surface area contributed by atoms with Crippen LogP contribution in [0.4, 0.5) is 8.78 Å². The topological polar surface area (TPSA) is 58.9 Å². The van der Waals surface area contributed by atoms with Crippen molar-refractivity contribution >= 4 is 23.4 Å². The smallest absolute Gasteiger partial charge is 0.188 e. The molecule has 0 unspecified atom stereocenters. The number of thioether (sulfide) groups is 1. The number of rotatable bonds is 8. The molecule has 0 radical (unpaired) electrons. The summed E-state index contributed by atoms with van der Waals surface area (Å²) in [6, 6.07) is 0. The summed E-state index contributed by atoms with van der Waals surface area (Å²) >= 11 is 6.48. The van der Waals surface area contributed by atoms with Crippen molar-refractivity contribution in [1.82, 2.24) is 0 Å². The van der Waals surface area contributed by atoms with E-state index in [1.54, 1.807) is 0 Å². The van der Waals surface area contributed by atoms with Crippen molar-refractivity contribution in [2.24, 2.45) is 0 Å². The van der Waals surface area contributed by atoms with Gasteiger partial charge in [-0.05, 0) is 5.41 Å². The van der Waals surface area contributed by atoms with Crippen LogP contribution in [0.3, 0.4) is 0 Å². The van der Waals surface area contributed by atoms with E-state index in [1.807, 2.05) is 0 Å². The van der Waals surface area contributed by atoms with E-state index in [0.717, 1.165) is 11.8 Å². The SMILES string of the molecule is C=CSc1c(F)c(OCCO)c(Cl)c(F)c1OCCO. The largest absolute Gasteiger partial charge is 0.487 e. The molecule has 0 saturated heterocycles. The molecule has 0 spiro atoms. The van der Waals surface area contributed by atoms with E-state index in [2.05, 4.69) is 6.58 Å². The minimum Gasteiger partial charge on any atom is -0.487 e. The molecule has 0 aromatic heterocycles. The fraction of sp³-hybridized carbons (Fsp3) is 0.333. The third kappa shape index (κ3) is 3.76. The summed E-state index contributed by atoms with van der Waals surface area (Å²) in [5, 5.41) is 18.1. The van der Waals surface area contributed by atoms with Gasteiger partial charge in [0.15, 0.2) is 23.1 Å². The summed E-state index contributed by atoms with van der Waals surface area (Å²) in [5.74, 6) is -2.83. The molecule has 1 rings (SSSR count). The third-order valence-corrected chi connectivity index (χ3v) is 3.18. The number of benzene rings is 1. The fourth-order valence-corrected chi connectivity index (χ4v) is 2.18. The van der Waals surface area contributed by atoms with Crippen LogP contribution in [0.1, 0.15) is 0 Å². The maximum Gasteiger partial charge on any atom is 0.188 e. The summed E-state index contributed by atoms with van der Waals surface area (Å²) in [7, 11) is 0. The second kappa shape index (κ2) is 8.31. The monoisotopic (exact) mass is 326 g/mol. The molecule has 0 aliphatic carbocycles. The lowest BCUT2D eigenvalue weighted by Crippen LogP contribution is -2.09. The lowest BCUT2D eigenvalue weighted by molar-refractivity contribution is 0.185. The summed E-state index contributed by atoms with van der Waals surface area (Å²) < 4.78 is 38.2. The molecule has 112 valence electrons. The first-order valence-corrected chi connectivity index (χ1v) is 6.79. The Morgan fingerprint density at radius 2 is 1.65 bits per heavy atom. The van der Waals surface area contributed by atoms with E-state index >= 15 is 0 Å². The Kier molecular flexibility index (Phi) is 7.08. The minimum atomic E-state index is -1.00. The van der Waals surface area contributed by atoms with Gasteiger partial charge in [-0.1, -0.05) is 29.9 Å². The van der Waals surface area contributed by atoms with Crippen LogP contribution in [0.15, 0.2) is 16.9 Å². The maximum atomic E-state index is 14.2. The van der Waals surface area contributed by atoms with Crippen LogP contribution < -0.4 is 9.47 Å². The first-order valence-electron chi connectivity index (χ1n) is 5.53. The van der Waals surface area contributed by atoms with Crippen LogP contribution in [0, 0.1) is 11.6 Å². The van der Waals surface area contributed by atoms with Gasteiger partial charge in [-0.3, -0.25) is 0 Å². The van der Waals surface area contributed by atoms with Crippen LogP contribution in [0.5, 0.6) is 11.5 Å². The number of aliphatic hydroxyl groups is 2. The molecule has 0 aliphatic heterocycles. The van der Waals surface area contributed by atoms with Crippen LogP contribution in [0.2, 0.25) is 5.02 Å². The van der Waals surface area contributed by atoms with Gasteiger partial charge in [0, 0.05) is 0 Å². The zero-order valence-corrected chi connectivity index (χ0v) is 11.9. The second-order valence-corrected chi connectivity index (χ2v) is 4.71. The highest BCUT2D eigenvalue weighted by atomic mass is 35.5. The van der Waals surface area contributed by atoms with Gasteiger partial charge < -0.3 is 19.7 Å². The van der Waals surface area contributed by atoms with Gasteiger partial charge in [0.1, 0.15) is 18.2 Å². The van der Waals surface area contributed by atoms with Gasteiger partial charge in [0.05, 0.1) is 18.1 Å². The number of hydrogen-bond donors (Lipinski definition) is 2. The predicted molar refractivity (Wildman–Crippen MR) is 72.6 cm³/mol. The molecule has 0 aliphatic rings. The Bertz CT molecular complexity index is 485. The number of halogens is 3. The molecule has 0 atom stereocenters. The van der Waals surface area contributed by atoms with Crippen molar-refractivity contribution < 1.29 is 28.5 Å². The van der Waals surface area contributed by atoms with Crippen molar-refractivity contribution in [1.29, 1.82) is 0 Å². The first-order chi connectivity index (χ1) is 9.58. The maximum absolute atomic E-state index is 14.2. The average molecular weight is 327 g/mol. The minimum absolute atomic E-state index is 0.191. The van der Waals surface area contributed by atoms with Gasteiger partial charge in [0.25, 0.3) is 0 Å². The van der Waals surface area contributed by atoms with Gasteiger partial charge in [-0.15, -0.1) is 0 Å². The number of ether oxygens (including phenoxy) is 2.